The first-order chi connectivity index (χ1) is 15.1. The molecular weight excluding hydrogens is 392 g/mol. The van der Waals surface area contributed by atoms with Crippen LogP contribution < -0.4 is 29.4 Å². The van der Waals surface area contributed by atoms with Crippen LogP contribution in [-0.4, -0.2) is 27.6 Å². The summed E-state index contributed by atoms with van der Waals surface area (Å²) in [6, 6.07) is 14.9. The molecule has 0 saturated carbocycles. The lowest BCUT2D eigenvalue weighted by Gasteiger charge is -2.26. The van der Waals surface area contributed by atoms with Gasteiger partial charge in [0.25, 0.3) is 0 Å². The van der Waals surface area contributed by atoms with E-state index in [0.29, 0.717) is 39.9 Å². The lowest BCUT2D eigenvalue weighted by atomic mass is 9.89. The van der Waals surface area contributed by atoms with E-state index in [4.69, 9.17) is 18.9 Å². The zero-order valence-electron chi connectivity index (χ0n) is 18.4. The molecule has 1 aliphatic heterocycles. The fourth-order valence-electron chi connectivity index (χ4n) is 3.67. The quantitative estimate of drug-likeness (QED) is 0.452. The van der Waals surface area contributed by atoms with Crippen LogP contribution in [0.3, 0.4) is 0 Å². The molecule has 0 radical (unpaired) electrons. The van der Waals surface area contributed by atoms with E-state index < -0.39 is 0 Å². The summed E-state index contributed by atoms with van der Waals surface area (Å²) in [7, 11) is 4.68. The second-order valence-electron chi connectivity index (χ2n) is 6.53. The molecule has 5 nitrogen and oxygen atoms in total. The predicted molar refractivity (Wildman–Crippen MR) is 122 cm³/mol. The molecule has 0 spiro atoms. The Labute approximate surface area is 182 Å². The topological polar surface area (TPSA) is 54.0 Å². The van der Waals surface area contributed by atoms with Gasteiger partial charge >= 0.3 is 0 Å². The highest BCUT2D eigenvalue weighted by Gasteiger charge is 2.30. The van der Waals surface area contributed by atoms with Crippen molar-refractivity contribution in [1.82, 2.24) is 0 Å². The van der Waals surface area contributed by atoms with Crippen molar-refractivity contribution in [2.24, 2.45) is 0 Å². The van der Waals surface area contributed by atoms with Crippen LogP contribution in [0, 0.1) is 0 Å². The van der Waals surface area contributed by atoms with Crippen molar-refractivity contribution in [2.75, 3.05) is 21.3 Å². The Hall–Kier alpha value is -3.73. The fourth-order valence-corrected chi connectivity index (χ4v) is 3.67. The third-order valence-electron chi connectivity index (χ3n) is 4.94. The molecule has 0 N–H and O–H groups in total. The van der Waals surface area contributed by atoms with Gasteiger partial charge in [-0.2, -0.15) is 0 Å². The molecule has 160 valence electrons. The molecule has 0 amide bonds. The number of benzene rings is 3. The highest BCUT2D eigenvalue weighted by atomic mass is 16.5. The number of hydrogen-bond acceptors (Lipinski definition) is 5. The van der Waals surface area contributed by atoms with Gasteiger partial charge in [-0.1, -0.05) is 56.8 Å². The largest absolute Gasteiger partial charge is 0.493 e. The Morgan fingerprint density at radius 1 is 0.871 bits per heavy atom. The third kappa shape index (κ3) is 3.75. The van der Waals surface area contributed by atoms with Crippen LogP contribution in [-0.2, 0) is 0 Å². The number of methoxy groups -OCH3 is 3. The zero-order chi connectivity index (χ0) is 22.5. The molecule has 1 heterocycles. The van der Waals surface area contributed by atoms with E-state index in [-0.39, 0.29) is 0 Å². The Balaban J connectivity index is 0.00000132. The molecule has 4 rings (SSSR count). The van der Waals surface area contributed by atoms with Crippen molar-refractivity contribution in [1.29, 1.82) is 0 Å². The van der Waals surface area contributed by atoms with Gasteiger partial charge in [-0.25, -0.2) is 0 Å². The maximum atomic E-state index is 11.8. The number of carbonyl (C=O) groups is 1. The maximum absolute atomic E-state index is 11.8. The van der Waals surface area contributed by atoms with Crippen LogP contribution in [0.25, 0.3) is 12.2 Å². The van der Waals surface area contributed by atoms with Gasteiger partial charge in [0.2, 0.25) is 5.75 Å². The highest BCUT2D eigenvalue weighted by Crippen LogP contribution is 2.51. The lowest BCUT2D eigenvalue weighted by Crippen LogP contribution is -2.21. The van der Waals surface area contributed by atoms with Gasteiger partial charge in [0, 0.05) is 22.4 Å². The summed E-state index contributed by atoms with van der Waals surface area (Å²) < 4.78 is 23.0. The van der Waals surface area contributed by atoms with Crippen LogP contribution in [0.1, 0.15) is 35.3 Å². The second-order valence-corrected chi connectivity index (χ2v) is 6.53. The zero-order valence-corrected chi connectivity index (χ0v) is 18.4. The second kappa shape index (κ2) is 9.39. The number of ether oxygens (including phenoxy) is 4. The molecular formula is C26H26O5. The fraction of sp³-hybridized carbons (Fsp3) is 0.192. The lowest BCUT2D eigenvalue weighted by molar-refractivity contribution is 0.112. The first-order valence-corrected chi connectivity index (χ1v) is 10.0. The Morgan fingerprint density at radius 2 is 1.58 bits per heavy atom. The maximum Gasteiger partial charge on any atom is 0.204 e. The molecule has 3 aromatic rings. The summed E-state index contributed by atoms with van der Waals surface area (Å²) in [6.07, 6.45) is 0.847. The first kappa shape index (κ1) is 22.0. The van der Waals surface area contributed by atoms with Crippen molar-refractivity contribution >= 4 is 18.4 Å². The number of hydrogen-bond donors (Lipinski definition) is 0. The summed E-state index contributed by atoms with van der Waals surface area (Å²) in [4.78, 5) is 11.8. The van der Waals surface area contributed by atoms with E-state index in [2.05, 4.69) is 6.58 Å². The molecule has 0 bridgehead atoms. The average molecular weight is 418 g/mol. The summed E-state index contributed by atoms with van der Waals surface area (Å²) in [5, 5.41) is 1.66. The van der Waals surface area contributed by atoms with Crippen molar-refractivity contribution in [3.8, 4) is 28.7 Å². The van der Waals surface area contributed by atoms with E-state index in [9.17, 15) is 4.79 Å². The summed E-state index contributed by atoms with van der Waals surface area (Å²) >= 11 is 0. The summed E-state index contributed by atoms with van der Waals surface area (Å²) in [5.74, 6) is 2.61. The highest BCUT2D eigenvalue weighted by molar-refractivity contribution is 5.96. The van der Waals surface area contributed by atoms with Gasteiger partial charge in [0.15, 0.2) is 17.8 Å². The summed E-state index contributed by atoms with van der Waals surface area (Å²) in [5.41, 5.74) is 2.86. The van der Waals surface area contributed by atoms with Crippen molar-refractivity contribution in [3.05, 3.63) is 75.7 Å². The molecule has 0 fully saturated rings. The molecule has 0 aromatic heterocycles. The SMILES string of the molecule is C=c1ccc2c(c1)Oc1cc(OC)c(OC)c(OC)c1C=2c1ccccc1C=O.CC. The van der Waals surface area contributed by atoms with Crippen LogP contribution in [0.15, 0.2) is 48.5 Å². The molecule has 0 saturated heterocycles. The molecule has 3 aromatic carbocycles. The first-order valence-electron chi connectivity index (χ1n) is 10.0. The predicted octanol–water partition coefficient (Wildman–Crippen LogP) is 4.31. The van der Waals surface area contributed by atoms with E-state index in [0.717, 1.165) is 27.9 Å². The van der Waals surface area contributed by atoms with Crippen LogP contribution in [0.2, 0.25) is 0 Å². The minimum atomic E-state index is 0.454. The van der Waals surface area contributed by atoms with Gasteiger partial charge < -0.3 is 18.9 Å². The monoisotopic (exact) mass is 418 g/mol. The average Bonchev–Trinajstić information content (AvgIpc) is 2.82. The molecule has 0 unspecified atom stereocenters. The van der Waals surface area contributed by atoms with E-state index in [1.807, 2.05) is 50.2 Å². The third-order valence-corrected chi connectivity index (χ3v) is 4.94. The Bertz CT molecular complexity index is 1230. The van der Waals surface area contributed by atoms with E-state index >= 15 is 0 Å². The standard InChI is InChI=1S/C24H20O5.C2H6/c1-14-9-10-17-18(11-14)29-19-12-20(26-2)23(27-3)24(28-4)22(19)21(17)16-8-6-5-7-15(16)13-25;1-2/h5-13H,1H2,2-4H3;1-2H3. The smallest absolute Gasteiger partial charge is 0.204 e. The molecule has 0 aliphatic carbocycles. The molecule has 5 heteroatoms. The summed E-state index contributed by atoms with van der Waals surface area (Å²) in [6.45, 7) is 8.00. The van der Waals surface area contributed by atoms with Gasteiger partial charge in [0.05, 0.1) is 26.9 Å². The van der Waals surface area contributed by atoms with Gasteiger partial charge in [-0.3, -0.25) is 4.79 Å². The van der Waals surface area contributed by atoms with E-state index in [1.54, 1.807) is 33.5 Å². The Kier molecular flexibility index (Phi) is 6.65. The van der Waals surface area contributed by atoms with E-state index in [1.165, 1.54) is 0 Å². The number of fused-ring (bicyclic) bond motifs is 2. The minimum absolute atomic E-state index is 0.454. The van der Waals surface area contributed by atoms with Gasteiger partial charge in [-0.15, -0.1) is 0 Å². The van der Waals surface area contributed by atoms with Crippen LogP contribution in [0.4, 0.5) is 0 Å². The van der Waals surface area contributed by atoms with Crippen molar-refractivity contribution < 1.29 is 23.7 Å². The van der Waals surface area contributed by atoms with Gasteiger partial charge in [-0.05, 0) is 16.8 Å². The number of carbonyl (C=O) groups excluding carboxylic acids is 1. The van der Waals surface area contributed by atoms with Crippen molar-refractivity contribution in [2.45, 2.75) is 13.8 Å². The van der Waals surface area contributed by atoms with Gasteiger partial charge in [0.1, 0.15) is 11.5 Å². The van der Waals surface area contributed by atoms with Crippen LogP contribution >= 0.6 is 0 Å². The normalized spacial score (nSPS) is 11.2. The van der Waals surface area contributed by atoms with Crippen LogP contribution in [0.5, 0.6) is 28.7 Å². The Morgan fingerprint density at radius 3 is 2.23 bits per heavy atom. The van der Waals surface area contributed by atoms with Crippen molar-refractivity contribution in [3.63, 3.8) is 0 Å². The molecule has 31 heavy (non-hydrogen) atoms. The molecule has 1 aliphatic rings. The molecule has 0 atom stereocenters. The number of rotatable bonds is 5. The number of aldehydes is 1. The minimum Gasteiger partial charge on any atom is -0.493 e.